The Hall–Kier alpha value is -4.25. The van der Waals surface area contributed by atoms with Gasteiger partial charge in [0.1, 0.15) is 17.1 Å². The number of nitrogens with zero attached hydrogens (tertiary/aromatic N) is 4. The van der Waals surface area contributed by atoms with E-state index in [4.69, 9.17) is 10.5 Å². The summed E-state index contributed by atoms with van der Waals surface area (Å²) in [5, 5.41) is 3.97. The zero-order valence-corrected chi connectivity index (χ0v) is 22.0. The Morgan fingerprint density at radius 3 is 2.38 bits per heavy atom. The molecule has 3 heterocycles. The van der Waals surface area contributed by atoms with Crippen molar-refractivity contribution in [3.63, 3.8) is 0 Å². The molecule has 0 unspecified atom stereocenters. The number of nitrogens with one attached hydrogen (secondary N) is 1. The number of sulfonamides is 1. The summed E-state index contributed by atoms with van der Waals surface area (Å²) in [5.74, 6) is -0.420. The standard InChI is InChI=1S/C26H28N6O4S/c1-15(2)32-14-19(13-28-32)21-10-9-20(25(33)31-37(34,35)23-8-6-7-22(27)30-23)26(29-21)36-24-17(4)11-16(3)12-18(24)5/h6-15H,1-5H3,(H2,27,30)(H,31,33). The summed E-state index contributed by atoms with van der Waals surface area (Å²) in [5.41, 5.74) is 9.54. The first-order valence-corrected chi connectivity index (χ1v) is 13.0. The van der Waals surface area contributed by atoms with Gasteiger partial charge in [0.15, 0.2) is 5.03 Å². The fraction of sp³-hybridized carbons (Fsp3) is 0.231. The van der Waals surface area contributed by atoms with E-state index in [0.29, 0.717) is 11.4 Å². The average Bonchev–Trinajstić information content (AvgIpc) is 3.32. The average molecular weight is 521 g/mol. The van der Waals surface area contributed by atoms with Gasteiger partial charge in [-0.05, 0) is 70.0 Å². The van der Waals surface area contributed by atoms with Crippen LogP contribution in [0.1, 0.15) is 46.9 Å². The maximum absolute atomic E-state index is 13.2. The van der Waals surface area contributed by atoms with Gasteiger partial charge in [0.2, 0.25) is 5.88 Å². The molecule has 0 aliphatic heterocycles. The number of benzene rings is 1. The van der Waals surface area contributed by atoms with E-state index in [1.807, 2.05) is 57.7 Å². The first-order chi connectivity index (χ1) is 17.4. The van der Waals surface area contributed by atoms with Gasteiger partial charge in [-0.15, -0.1) is 0 Å². The number of hydrogen-bond acceptors (Lipinski definition) is 8. The SMILES string of the molecule is Cc1cc(C)c(Oc2nc(-c3cnn(C(C)C)c3)ccc2C(=O)NS(=O)(=O)c2cccc(N)n2)c(C)c1. The molecule has 0 fully saturated rings. The predicted octanol–water partition coefficient (Wildman–Crippen LogP) is 4.34. The minimum absolute atomic E-state index is 0.0117. The first kappa shape index (κ1) is 25.8. The van der Waals surface area contributed by atoms with E-state index in [1.165, 1.54) is 24.3 Å². The van der Waals surface area contributed by atoms with Crippen LogP contribution in [0.15, 0.2) is 59.9 Å². The lowest BCUT2D eigenvalue weighted by atomic mass is 10.1. The molecule has 192 valence electrons. The molecule has 0 bridgehead atoms. The van der Waals surface area contributed by atoms with Gasteiger partial charge in [0, 0.05) is 17.8 Å². The summed E-state index contributed by atoms with van der Waals surface area (Å²) in [6.07, 6.45) is 3.51. The van der Waals surface area contributed by atoms with Crippen LogP contribution in [-0.4, -0.2) is 34.1 Å². The zero-order valence-electron chi connectivity index (χ0n) is 21.2. The van der Waals surface area contributed by atoms with Gasteiger partial charge in [0.05, 0.1) is 11.9 Å². The molecule has 1 aromatic carbocycles. The van der Waals surface area contributed by atoms with Gasteiger partial charge in [0.25, 0.3) is 15.9 Å². The molecule has 0 radical (unpaired) electrons. The van der Waals surface area contributed by atoms with Gasteiger partial charge in [-0.2, -0.15) is 13.5 Å². The van der Waals surface area contributed by atoms with Crippen molar-refractivity contribution in [2.24, 2.45) is 0 Å². The van der Waals surface area contributed by atoms with Crippen LogP contribution in [0.3, 0.4) is 0 Å². The number of aryl methyl sites for hydroxylation is 3. The number of carbonyl (C=O) groups excluding carboxylic acids is 1. The summed E-state index contributed by atoms with van der Waals surface area (Å²) in [6.45, 7) is 9.77. The van der Waals surface area contributed by atoms with E-state index in [0.717, 1.165) is 22.3 Å². The maximum atomic E-state index is 13.2. The third-order valence-electron chi connectivity index (χ3n) is 5.58. The summed E-state index contributed by atoms with van der Waals surface area (Å²) < 4.78 is 35.6. The highest BCUT2D eigenvalue weighted by Crippen LogP contribution is 2.32. The third kappa shape index (κ3) is 5.61. The van der Waals surface area contributed by atoms with E-state index >= 15 is 0 Å². The number of anilines is 1. The molecule has 4 rings (SSSR count). The Labute approximate surface area is 215 Å². The molecule has 10 nitrogen and oxygen atoms in total. The van der Waals surface area contributed by atoms with Crippen LogP contribution in [0, 0.1) is 20.8 Å². The number of pyridine rings is 2. The number of nitrogen functional groups attached to an aromatic ring is 1. The molecule has 0 saturated carbocycles. The van der Waals surface area contributed by atoms with Crippen molar-refractivity contribution in [1.29, 1.82) is 0 Å². The Balaban J connectivity index is 1.77. The molecule has 37 heavy (non-hydrogen) atoms. The van der Waals surface area contributed by atoms with Crippen LogP contribution in [0.25, 0.3) is 11.3 Å². The van der Waals surface area contributed by atoms with Crippen LogP contribution in [0.4, 0.5) is 5.82 Å². The van der Waals surface area contributed by atoms with Gasteiger partial charge in [-0.1, -0.05) is 23.8 Å². The van der Waals surface area contributed by atoms with Crippen LogP contribution < -0.4 is 15.2 Å². The quantitative estimate of drug-likeness (QED) is 0.366. The van der Waals surface area contributed by atoms with Crippen molar-refractivity contribution in [3.8, 4) is 22.9 Å². The minimum atomic E-state index is -4.30. The van der Waals surface area contributed by atoms with Gasteiger partial charge >= 0.3 is 0 Å². The second kappa shape index (κ2) is 10.0. The van der Waals surface area contributed by atoms with Crippen molar-refractivity contribution in [1.82, 2.24) is 24.5 Å². The lowest BCUT2D eigenvalue weighted by molar-refractivity contribution is 0.0978. The number of nitrogens with two attached hydrogens (primary N) is 1. The monoisotopic (exact) mass is 520 g/mol. The lowest BCUT2D eigenvalue weighted by Crippen LogP contribution is -2.31. The summed E-state index contributed by atoms with van der Waals surface area (Å²) in [4.78, 5) is 21.6. The molecule has 11 heteroatoms. The van der Waals surface area contributed by atoms with Crippen LogP contribution >= 0.6 is 0 Å². The van der Waals surface area contributed by atoms with E-state index in [2.05, 4.69) is 15.1 Å². The second-order valence-corrected chi connectivity index (χ2v) is 10.6. The van der Waals surface area contributed by atoms with Gasteiger partial charge in [-0.3, -0.25) is 9.48 Å². The third-order valence-corrected chi connectivity index (χ3v) is 6.81. The molecule has 0 aliphatic carbocycles. The molecular weight excluding hydrogens is 492 g/mol. The molecule has 0 saturated heterocycles. The maximum Gasteiger partial charge on any atom is 0.281 e. The van der Waals surface area contributed by atoms with Gasteiger partial charge < -0.3 is 10.5 Å². The second-order valence-electron chi connectivity index (χ2n) is 9.02. The molecule has 3 aromatic heterocycles. The topological polar surface area (TPSA) is 142 Å². The normalized spacial score (nSPS) is 11.5. The molecule has 0 aliphatic rings. The largest absolute Gasteiger partial charge is 0.438 e. The molecular formula is C26H28N6O4S. The predicted molar refractivity (Wildman–Crippen MR) is 140 cm³/mol. The van der Waals surface area contributed by atoms with Crippen molar-refractivity contribution in [2.75, 3.05) is 5.73 Å². The van der Waals surface area contributed by atoms with Gasteiger partial charge in [-0.25, -0.2) is 14.7 Å². The number of aromatic nitrogens is 4. The highest BCUT2D eigenvalue weighted by atomic mass is 32.2. The van der Waals surface area contributed by atoms with Crippen LogP contribution in [0.5, 0.6) is 11.6 Å². The van der Waals surface area contributed by atoms with E-state index < -0.39 is 15.9 Å². The Morgan fingerprint density at radius 1 is 1.05 bits per heavy atom. The first-order valence-electron chi connectivity index (χ1n) is 11.6. The fourth-order valence-corrected chi connectivity index (χ4v) is 4.78. The summed E-state index contributed by atoms with van der Waals surface area (Å²) in [6, 6.07) is 11.3. The number of rotatable bonds is 7. The molecule has 0 spiro atoms. The Kier molecular flexibility index (Phi) is 6.99. The van der Waals surface area contributed by atoms with Crippen molar-refractivity contribution < 1.29 is 17.9 Å². The molecule has 0 atom stereocenters. The smallest absolute Gasteiger partial charge is 0.281 e. The van der Waals surface area contributed by atoms with Crippen LogP contribution in [0.2, 0.25) is 0 Å². The number of amides is 1. The van der Waals surface area contributed by atoms with Crippen molar-refractivity contribution in [2.45, 2.75) is 45.7 Å². The van der Waals surface area contributed by atoms with Crippen molar-refractivity contribution >= 4 is 21.7 Å². The molecule has 4 aromatic rings. The van der Waals surface area contributed by atoms with Crippen molar-refractivity contribution in [3.05, 3.63) is 77.1 Å². The van der Waals surface area contributed by atoms with E-state index in [1.54, 1.807) is 16.9 Å². The zero-order chi connectivity index (χ0) is 26.9. The highest BCUT2D eigenvalue weighted by Gasteiger charge is 2.25. The Bertz CT molecular complexity index is 1570. The summed E-state index contributed by atoms with van der Waals surface area (Å²) in [7, 11) is -4.30. The lowest BCUT2D eigenvalue weighted by Gasteiger charge is -2.15. The van der Waals surface area contributed by atoms with E-state index in [9.17, 15) is 13.2 Å². The van der Waals surface area contributed by atoms with E-state index in [-0.39, 0.29) is 28.3 Å². The molecule has 1 amide bonds. The fourth-order valence-electron chi connectivity index (χ4n) is 3.84. The summed E-state index contributed by atoms with van der Waals surface area (Å²) >= 11 is 0. The number of ether oxygens (including phenoxy) is 1. The minimum Gasteiger partial charge on any atom is -0.438 e. The number of hydrogen-bond donors (Lipinski definition) is 2. The highest BCUT2D eigenvalue weighted by molar-refractivity contribution is 7.90. The molecule has 3 N–H and O–H groups in total. The van der Waals surface area contributed by atoms with Crippen LogP contribution in [-0.2, 0) is 10.0 Å². The number of carbonyl (C=O) groups is 1. The Morgan fingerprint density at radius 2 is 1.76 bits per heavy atom.